The van der Waals surface area contributed by atoms with E-state index in [-0.39, 0.29) is 5.78 Å². The first-order valence-electron chi connectivity index (χ1n) is 10.1. The Kier molecular flexibility index (Phi) is 4.87. The molecule has 1 saturated carbocycles. The van der Waals surface area contributed by atoms with E-state index in [1.54, 1.807) is 6.92 Å². The second-order valence-corrected chi connectivity index (χ2v) is 8.75. The van der Waals surface area contributed by atoms with Crippen molar-refractivity contribution < 1.29 is 9.59 Å². The molecule has 0 bridgehead atoms. The van der Waals surface area contributed by atoms with Crippen molar-refractivity contribution in [1.82, 2.24) is 9.80 Å². The summed E-state index contributed by atoms with van der Waals surface area (Å²) in [6.45, 7) is 6.79. The van der Waals surface area contributed by atoms with Crippen molar-refractivity contribution in [3.63, 3.8) is 0 Å². The molecule has 4 heteroatoms. The van der Waals surface area contributed by atoms with Crippen LogP contribution in [-0.2, 0) is 11.3 Å². The van der Waals surface area contributed by atoms with Crippen LogP contribution in [0.4, 0.5) is 0 Å². The number of piperidine rings is 2. The summed E-state index contributed by atoms with van der Waals surface area (Å²) >= 11 is 0. The summed E-state index contributed by atoms with van der Waals surface area (Å²) in [5.74, 6) is 1.29. The van der Waals surface area contributed by atoms with Gasteiger partial charge in [0.25, 0.3) is 0 Å². The Labute approximate surface area is 156 Å². The molecular weight excluding hydrogens is 324 g/mol. The van der Waals surface area contributed by atoms with Crippen LogP contribution in [0.1, 0.15) is 61.4 Å². The van der Waals surface area contributed by atoms with E-state index in [0.29, 0.717) is 11.3 Å². The number of benzene rings is 1. The van der Waals surface area contributed by atoms with Gasteiger partial charge in [0.2, 0.25) is 5.91 Å². The third kappa shape index (κ3) is 4.01. The van der Waals surface area contributed by atoms with Gasteiger partial charge in [-0.05, 0) is 69.0 Å². The van der Waals surface area contributed by atoms with Gasteiger partial charge in [-0.2, -0.15) is 0 Å². The van der Waals surface area contributed by atoms with Crippen LogP contribution in [0.5, 0.6) is 0 Å². The Morgan fingerprint density at radius 1 is 1.12 bits per heavy atom. The highest BCUT2D eigenvalue weighted by Crippen LogP contribution is 2.42. The zero-order valence-electron chi connectivity index (χ0n) is 15.9. The standard InChI is InChI=1S/C22H30N2O2/c1-17(25)20-6-4-18(5-7-20)14-23-12-10-22(11-13-23)9-8-21(26)24(16-22)15-19-2-3-19/h4-7,19H,2-3,8-16H2,1H3. The molecule has 3 fully saturated rings. The number of ketones is 1. The average molecular weight is 354 g/mol. The van der Waals surface area contributed by atoms with Crippen LogP contribution in [0.3, 0.4) is 0 Å². The SMILES string of the molecule is CC(=O)c1ccc(CN2CCC3(CCC(=O)N(CC4CC4)C3)CC2)cc1. The van der Waals surface area contributed by atoms with E-state index in [1.807, 2.05) is 12.1 Å². The zero-order chi connectivity index (χ0) is 18.1. The quantitative estimate of drug-likeness (QED) is 0.760. The predicted molar refractivity (Wildman–Crippen MR) is 102 cm³/mol. The van der Waals surface area contributed by atoms with E-state index in [9.17, 15) is 9.59 Å². The van der Waals surface area contributed by atoms with Gasteiger partial charge in [-0.25, -0.2) is 0 Å². The summed E-state index contributed by atoms with van der Waals surface area (Å²) < 4.78 is 0. The summed E-state index contributed by atoms with van der Waals surface area (Å²) in [5, 5.41) is 0. The Bertz CT molecular complexity index is 670. The maximum Gasteiger partial charge on any atom is 0.222 e. The Balaban J connectivity index is 1.31. The van der Waals surface area contributed by atoms with E-state index < -0.39 is 0 Å². The van der Waals surface area contributed by atoms with Crippen LogP contribution in [0.25, 0.3) is 0 Å². The molecule has 3 aliphatic rings. The van der Waals surface area contributed by atoms with Crippen LogP contribution in [0.2, 0.25) is 0 Å². The van der Waals surface area contributed by atoms with E-state index in [2.05, 4.69) is 21.9 Å². The minimum absolute atomic E-state index is 0.124. The molecule has 1 amide bonds. The van der Waals surface area contributed by atoms with Crippen LogP contribution in [-0.4, -0.2) is 47.7 Å². The number of carbonyl (C=O) groups is 2. The molecule has 4 nitrogen and oxygen atoms in total. The van der Waals surface area contributed by atoms with Crippen LogP contribution < -0.4 is 0 Å². The lowest BCUT2D eigenvalue weighted by molar-refractivity contribution is -0.139. The maximum atomic E-state index is 12.3. The molecule has 0 atom stereocenters. The second-order valence-electron chi connectivity index (χ2n) is 8.75. The number of likely N-dealkylation sites (tertiary alicyclic amines) is 2. The van der Waals surface area contributed by atoms with E-state index in [4.69, 9.17) is 0 Å². The molecule has 0 radical (unpaired) electrons. The van der Waals surface area contributed by atoms with Gasteiger partial charge in [0.05, 0.1) is 0 Å². The Morgan fingerprint density at radius 3 is 2.42 bits per heavy atom. The number of carbonyl (C=O) groups excluding carboxylic acids is 2. The third-order valence-corrected chi connectivity index (χ3v) is 6.61. The van der Waals surface area contributed by atoms with Gasteiger partial charge in [-0.1, -0.05) is 24.3 Å². The molecule has 2 aliphatic heterocycles. The van der Waals surface area contributed by atoms with Crippen molar-refractivity contribution in [3.8, 4) is 0 Å². The summed E-state index contributed by atoms with van der Waals surface area (Å²) in [4.78, 5) is 28.4. The summed E-state index contributed by atoms with van der Waals surface area (Å²) in [6.07, 6.45) is 6.85. The van der Waals surface area contributed by atoms with Gasteiger partial charge in [-0.15, -0.1) is 0 Å². The van der Waals surface area contributed by atoms with Gasteiger partial charge in [0, 0.05) is 31.6 Å². The minimum atomic E-state index is 0.124. The average Bonchev–Trinajstić information content (AvgIpc) is 3.45. The van der Waals surface area contributed by atoms with Gasteiger partial charge in [0.15, 0.2) is 5.78 Å². The van der Waals surface area contributed by atoms with Crippen molar-refractivity contribution in [1.29, 1.82) is 0 Å². The molecule has 140 valence electrons. The highest BCUT2D eigenvalue weighted by atomic mass is 16.2. The Morgan fingerprint density at radius 2 is 1.81 bits per heavy atom. The number of rotatable bonds is 5. The lowest BCUT2D eigenvalue weighted by Gasteiger charge is -2.47. The summed E-state index contributed by atoms with van der Waals surface area (Å²) in [7, 11) is 0. The molecule has 1 spiro atoms. The van der Waals surface area contributed by atoms with Crippen molar-refractivity contribution in [2.45, 2.75) is 52.0 Å². The van der Waals surface area contributed by atoms with E-state index >= 15 is 0 Å². The topological polar surface area (TPSA) is 40.6 Å². The molecule has 2 heterocycles. The van der Waals surface area contributed by atoms with Gasteiger partial charge in [0.1, 0.15) is 0 Å². The molecule has 4 rings (SSSR count). The number of hydrogen-bond donors (Lipinski definition) is 0. The molecule has 2 saturated heterocycles. The minimum Gasteiger partial charge on any atom is -0.342 e. The zero-order valence-corrected chi connectivity index (χ0v) is 15.9. The van der Waals surface area contributed by atoms with Crippen LogP contribution >= 0.6 is 0 Å². The Hall–Kier alpha value is -1.68. The first-order valence-corrected chi connectivity index (χ1v) is 10.1. The van der Waals surface area contributed by atoms with Gasteiger partial charge >= 0.3 is 0 Å². The lowest BCUT2D eigenvalue weighted by atomic mass is 9.72. The van der Waals surface area contributed by atoms with Crippen molar-refractivity contribution in [2.75, 3.05) is 26.2 Å². The van der Waals surface area contributed by atoms with Crippen molar-refractivity contribution in [2.24, 2.45) is 11.3 Å². The molecule has 1 aromatic rings. The number of Topliss-reactive ketones (excluding diaryl/α,β-unsaturated/α-hetero) is 1. The summed E-state index contributed by atoms with van der Waals surface area (Å²) in [6, 6.07) is 8.03. The smallest absolute Gasteiger partial charge is 0.222 e. The largest absolute Gasteiger partial charge is 0.342 e. The fourth-order valence-corrected chi connectivity index (χ4v) is 4.58. The number of nitrogens with zero attached hydrogens (tertiary/aromatic N) is 2. The van der Waals surface area contributed by atoms with E-state index in [1.165, 1.54) is 31.2 Å². The highest BCUT2D eigenvalue weighted by molar-refractivity contribution is 5.94. The monoisotopic (exact) mass is 354 g/mol. The number of hydrogen-bond acceptors (Lipinski definition) is 3. The second kappa shape index (κ2) is 7.15. The molecule has 1 aliphatic carbocycles. The molecule has 0 unspecified atom stereocenters. The first-order chi connectivity index (χ1) is 12.5. The molecule has 0 N–H and O–H groups in total. The fourth-order valence-electron chi connectivity index (χ4n) is 4.58. The van der Waals surface area contributed by atoms with Crippen LogP contribution in [0.15, 0.2) is 24.3 Å². The normalized spacial score (nSPS) is 23.4. The third-order valence-electron chi connectivity index (χ3n) is 6.61. The predicted octanol–water partition coefficient (Wildman–Crippen LogP) is 3.50. The summed E-state index contributed by atoms with van der Waals surface area (Å²) in [5.41, 5.74) is 2.42. The molecular formula is C22H30N2O2. The van der Waals surface area contributed by atoms with Crippen molar-refractivity contribution >= 4 is 11.7 Å². The maximum absolute atomic E-state index is 12.3. The molecule has 0 aromatic heterocycles. The van der Waals surface area contributed by atoms with Crippen molar-refractivity contribution in [3.05, 3.63) is 35.4 Å². The number of amides is 1. The molecule has 1 aromatic carbocycles. The van der Waals surface area contributed by atoms with E-state index in [0.717, 1.165) is 57.0 Å². The van der Waals surface area contributed by atoms with Crippen LogP contribution in [0, 0.1) is 11.3 Å². The fraction of sp³-hybridized carbons (Fsp3) is 0.636. The van der Waals surface area contributed by atoms with Gasteiger partial charge < -0.3 is 4.90 Å². The molecule has 26 heavy (non-hydrogen) atoms. The first kappa shape index (κ1) is 17.7. The lowest BCUT2D eigenvalue weighted by Crippen LogP contribution is -2.51. The van der Waals surface area contributed by atoms with Gasteiger partial charge in [-0.3, -0.25) is 14.5 Å². The highest BCUT2D eigenvalue weighted by Gasteiger charge is 2.42.